The summed E-state index contributed by atoms with van der Waals surface area (Å²) in [5, 5.41) is 16.2. The second-order valence-electron chi connectivity index (χ2n) is 4.62. The van der Waals surface area contributed by atoms with Gasteiger partial charge in [0.2, 0.25) is 0 Å². The van der Waals surface area contributed by atoms with Gasteiger partial charge in [-0.1, -0.05) is 6.92 Å². The van der Waals surface area contributed by atoms with Crippen molar-refractivity contribution in [1.82, 2.24) is 0 Å². The third-order valence-corrected chi connectivity index (χ3v) is 1.94. The summed E-state index contributed by atoms with van der Waals surface area (Å²) in [6, 6.07) is 0. The number of nitrogens with one attached hydrogen (secondary N) is 1. The van der Waals surface area contributed by atoms with Crippen LogP contribution in [0.1, 0.15) is 40.5 Å². The van der Waals surface area contributed by atoms with Crippen LogP contribution in [0.25, 0.3) is 0 Å². The van der Waals surface area contributed by atoms with Gasteiger partial charge in [-0.25, -0.2) is 4.79 Å². The van der Waals surface area contributed by atoms with Gasteiger partial charge in [-0.05, 0) is 27.2 Å². The highest BCUT2D eigenvalue weighted by atomic mass is 16.6. The number of carbonyl (C=O) groups is 2. The average molecular weight is 229 g/mol. The van der Waals surface area contributed by atoms with E-state index in [1.54, 1.807) is 27.7 Å². The summed E-state index contributed by atoms with van der Waals surface area (Å²) in [5.41, 5.74) is -0.926. The normalized spacial score (nSPS) is 13.0. The summed E-state index contributed by atoms with van der Waals surface area (Å²) in [7, 11) is 0. The quantitative estimate of drug-likeness (QED) is 0.556. The molecule has 16 heavy (non-hydrogen) atoms. The molecule has 0 aromatic carbocycles. The molecule has 0 amide bonds. The number of esters is 1. The van der Waals surface area contributed by atoms with Crippen LogP contribution in [0.4, 0.5) is 0 Å². The molecular formula is C11H19NO4. The van der Waals surface area contributed by atoms with Gasteiger partial charge in [0.05, 0.1) is 6.42 Å². The van der Waals surface area contributed by atoms with Crippen molar-refractivity contribution in [2.75, 3.05) is 0 Å². The van der Waals surface area contributed by atoms with Crippen LogP contribution in [0.15, 0.2) is 0 Å². The molecule has 1 atom stereocenters. The number of hydrogen-bond acceptors (Lipinski definition) is 4. The molecule has 92 valence electrons. The van der Waals surface area contributed by atoms with Gasteiger partial charge in [0, 0.05) is 5.92 Å². The molecule has 5 nitrogen and oxygen atoms in total. The predicted molar refractivity (Wildman–Crippen MR) is 59.6 cm³/mol. The van der Waals surface area contributed by atoms with Crippen LogP contribution >= 0.6 is 0 Å². The lowest BCUT2D eigenvalue weighted by atomic mass is 9.96. The van der Waals surface area contributed by atoms with Gasteiger partial charge in [0.15, 0.2) is 0 Å². The van der Waals surface area contributed by atoms with Crippen molar-refractivity contribution in [3.05, 3.63) is 0 Å². The van der Waals surface area contributed by atoms with Crippen molar-refractivity contribution in [2.24, 2.45) is 5.92 Å². The number of rotatable bonds is 5. The summed E-state index contributed by atoms with van der Waals surface area (Å²) in [5.74, 6) is -2.33. The molecule has 0 heterocycles. The molecule has 0 aromatic rings. The molecule has 0 aliphatic heterocycles. The molecule has 0 saturated carbocycles. The Morgan fingerprint density at radius 1 is 1.38 bits per heavy atom. The molecule has 0 fully saturated rings. The smallest absolute Gasteiger partial charge is 0.352 e. The summed E-state index contributed by atoms with van der Waals surface area (Å²) in [4.78, 5) is 22.0. The Hall–Kier alpha value is -1.39. The summed E-state index contributed by atoms with van der Waals surface area (Å²) < 4.78 is 5.01. The number of ether oxygens (including phenoxy) is 1. The molecule has 2 N–H and O–H groups in total. The van der Waals surface area contributed by atoms with E-state index in [1.165, 1.54) is 0 Å². The van der Waals surface area contributed by atoms with Gasteiger partial charge in [-0.15, -0.1) is 0 Å². The fourth-order valence-electron chi connectivity index (χ4n) is 1.16. The molecule has 0 radical (unpaired) electrons. The Kier molecular flexibility index (Phi) is 5.14. The largest absolute Gasteiger partial charge is 0.481 e. The van der Waals surface area contributed by atoms with Crippen LogP contribution in [-0.2, 0) is 14.3 Å². The highest BCUT2D eigenvalue weighted by Gasteiger charge is 2.26. The first-order valence-corrected chi connectivity index (χ1v) is 5.21. The highest BCUT2D eigenvalue weighted by molar-refractivity contribution is 6.36. The van der Waals surface area contributed by atoms with Crippen molar-refractivity contribution >= 4 is 17.7 Å². The number of carboxylic acid groups (broad SMARTS) is 1. The molecule has 0 aliphatic rings. The van der Waals surface area contributed by atoms with E-state index >= 15 is 0 Å². The first-order valence-electron chi connectivity index (χ1n) is 5.21. The highest BCUT2D eigenvalue weighted by Crippen LogP contribution is 2.14. The Bertz CT molecular complexity index is 291. The standard InChI is InChI=1S/C11H19NO4/c1-5-7(6-8(13)14)9(12)10(15)16-11(2,3)4/h7,12H,5-6H2,1-4H3,(H,13,14)/t7-/m0/s1. The van der Waals surface area contributed by atoms with Crippen LogP contribution in [-0.4, -0.2) is 28.4 Å². The third kappa shape index (κ3) is 5.48. The van der Waals surface area contributed by atoms with E-state index in [-0.39, 0.29) is 12.1 Å². The van der Waals surface area contributed by atoms with Crippen molar-refractivity contribution in [2.45, 2.75) is 46.1 Å². The maximum absolute atomic E-state index is 11.5. The molecule has 0 aliphatic carbocycles. The fourth-order valence-corrected chi connectivity index (χ4v) is 1.16. The fraction of sp³-hybridized carbons (Fsp3) is 0.727. The van der Waals surface area contributed by atoms with E-state index in [0.29, 0.717) is 6.42 Å². The van der Waals surface area contributed by atoms with E-state index in [0.717, 1.165) is 0 Å². The molecule has 0 unspecified atom stereocenters. The molecule has 0 aromatic heterocycles. The third-order valence-electron chi connectivity index (χ3n) is 1.94. The van der Waals surface area contributed by atoms with Crippen molar-refractivity contribution in [3.8, 4) is 0 Å². The lowest BCUT2D eigenvalue weighted by Gasteiger charge is -2.21. The number of aliphatic carboxylic acids is 1. The number of carboxylic acids is 1. The van der Waals surface area contributed by atoms with Crippen LogP contribution < -0.4 is 0 Å². The first kappa shape index (κ1) is 14.6. The number of carbonyl (C=O) groups excluding carboxylic acids is 1. The zero-order valence-electron chi connectivity index (χ0n) is 10.2. The monoisotopic (exact) mass is 229 g/mol. The summed E-state index contributed by atoms with van der Waals surface area (Å²) in [6.07, 6.45) is 0.221. The SMILES string of the molecule is CC[C@@H](CC(=O)O)C(=N)C(=O)OC(C)(C)C. The molecule has 0 rings (SSSR count). The Morgan fingerprint density at radius 2 is 1.88 bits per heavy atom. The molecule has 0 saturated heterocycles. The minimum atomic E-state index is -1.01. The topological polar surface area (TPSA) is 87.5 Å². The van der Waals surface area contributed by atoms with Crippen molar-refractivity contribution < 1.29 is 19.4 Å². The van der Waals surface area contributed by atoms with Gasteiger partial charge in [-0.3, -0.25) is 10.2 Å². The maximum atomic E-state index is 11.5. The van der Waals surface area contributed by atoms with E-state index in [2.05, 4.69) is 0 Å². The van der Waals surface area contributed by atoms with Crippen molar-refractivity contribution in [3.63, 3.8) is 0 Å². The zero-order chi connectivity index (χ0) is 12.9. The van der Waals surface area contributed by atoms with E-state index in [9.17, 15) is 9.59 Å². The predicted octanol–water partition coefficient (Wildman–Crippen LogP) is 1.85. The Morgan fingerprint density at radius 3 is 2.19 bits per heavy atom. The zero-order valence-corrected chi connectivity index (χ0v) is 10.2. The Balaban J connectivity index is 4.51. The second kappa shape index (κ2) is 5.63. The van der Waals surface area contributed by atoms with Crippen LogP contribution in [0.2, 0.25) is 0 Å². The number of hydrogen-bond donors (Lipinski definition) is 2. The van der Waals surface area contributed by atoms with Crippen LogP contribution in [0.5, 0.6) is 0 Å². The second-order valence-corrected chi connectivity index (χ2v) is 4.62. The van der Waals surface area contributed by atoms with Gasteiger partial charge in [0.25, 0.3) is 0 Å². The minimum absolute atomic E-state index is 0.214. The van der Waals surface area contributed by atoms with Gasteiger partial charge in [0.1, 0.15) is 11.3 Å². The minimum Gasteiger partial charge on any atom is -0.481 e. The van der Waals surface area contributed by atoms with E-state index in [1.807, 2.05) is 0 Å². The van der Waals surface area contributed by atoms with Crippen LogP contribution in [0, 0.1) is 11.3 Å². The van der Waals surface area contributed by atoms with Crippen molar-refractivity contribution in [1.29, 1.82) is 5.41 Å². The van der Waals surface area contributed by atoms with E-state index in [4.69, 9.17) is 15.3 Å². The summed E-state index contributed by atoms with van der Waals surface area (Å²) >= 11 is 0. The van der Waals surface area contributed by atoms with Gasteiger partial charge < -0.3 is 9.84 Å². The molecule has 5 heteroatoms. The van der Waals surface area contributed by atoms with Gasteiger partial charge >= 0.3 is 11.9 Å². The average Bonchev–Trinajstić information content (AvgIpc) is 2.09. The van der Waals surface area contributed by atoms with Crippen LogP contribution in [0.3, 0.4) is 0 Å². The van der Waals surface area contributed by atoms with Gasteiger partial charge in [-0.2, -0.15) is 0 Å². The van der Waals surface area contributed by atoms with E-state index < -0.39 is 23.5 Å². The Labute approximate surface area is 95.3 Å². The molecule has 0 spiro atoms. The molecular weight excluding hydrogens is 210 g/mol. The lowest BCUT2D eigenvalue weighted by molar-refractivity contribution is -0.146. The first-order chi connectivity index (χ1) is 7.17. The lowest BCUT2D eigenvalue weighted by Crippen LogP contribution is -2.33. The molecule has 0 bridgehead atoms. The summed E-state index contributed by atoms with van der Waals surface area (Å²) in [6.45, 7) is 6.86. The maximum Gasteiger partial charge on any atom is 0.352 e.